The molecule has 2 aliphatic heterocycles. The number of nitrogens with zero attached hydrogens (tertiary/aromatic N) is 1. The fourth-order valence-electron chi connectivity index (χ4n) is 3.97. The number of hydrogen-bond donors (Lipinski definition) is 0. The van der Waals surface area contributed by atoms with Gasteiger partial charge in [-0.3, -0.25) is 9.69 Å². The molecule has 0 unspecified atom stereocenters. The lowest BCUT2D eigenvalue weighted by molar-refractivity contribution is -0.150. The van der Waals surface area contributed by atoms with Crippen LogP contribution in [-0.2, 0) is 9.53 Å². The number of carbonyl (C=O) groups excluding carboxylic acids is 1. The van der Waals surface area contributed by atoms with Crippen molar-refractivity contribution in [2.75, 3.05) is 19.6 Å². The molecule has 0 amide bonds. The van der Waals surface area contributed by atoms with Crippen LogP contribution in [0.25, 0.3) is 0 Å². The van der Waals surface area contributed by atoms with Crippen LogP contribution in [0.1, 0.15) is 43.2 Å². The predicted octanol–water partition coefficient (Wildman–Crippen LogP) is 4.34. The highest BCUT2D eigenvalue weighted by molar-refractivity contribution is 5.85. The molecule has 136 valence electrons. The molecule has 0 bridgehead atoms. The van der Waals surface area contributed by atoms with Gasteiger partial charge in [-0.1, -0.05) is 42.8 Å². The van der Waals surface area contributed by atoms with E-state index in [2.05, 4.69) is 4.90 Å². The maximum absolute atomic E-state index is 13.1. The first-order chi connectivity index (χ1) is 12.7. The number of rotatable bonds is 4. The van der Waals surface area contributed by atoms with Gasteiger partial charge in [0, 0.05) is 17.7 Å². The highest BCUT2D eigenvalue weighted by Gasteiger charge is 2.34. The summed E-state index contributed by atoms with van der Waals surface area (Å²) < 4.78 is 11.8. The van der Waals surface area contributed by atoms with Crippen molar-refractivity contribution in [2.24, 2.45) is 0 Å². The van der Waals surface area contributed by atoms with Crippen molar-refractivity contribution >= 4 is 5.97 Å². The second-order valence-electron chi connectivity index (χ2n) is 7.22. The van der Waals surface area contributed by atoms with Crippen LogP contribution in [0.15, 0.2) is 48.5 Å². The highest BCUT2D eigenvalue weighted by Crippen LogP contribution is 2.44. The first-order valence-electron chi connectivity index (χ1n) is 9.51. The molecule has 2 aromatic carbocycles. The van der Waals surface area contributed by atoms with E-state index < -0.39 is 5.92 Å². The average molecular weight is 351 g/mol. The number of likely N-dealkylation sites (tertiary alicyclic amines) is 1. The zero-order valence-corrected chi connectivity index (χ0v) is 15.2. The van der Waals surface area contributed by atoms with Gasteiger partial charge in [0.2, 0.25) is 0 Å². The minimum atomic E-state index is -0.431. The maximum atomic E-state index is 13.1. The fraction of sp³-hybridized carbons (Fsp3) is 0.409. The highest BCUT2D eigenvalue weighted by atomic mass is 16.5. The summed E-state index contributed by atoms with van der Waals surface area (Å²) in [6, 6.07) is 15.4. The van der Waals surface area contributed by atoms with E-state index in [4.69, 9.17) is 9.47 Å². The molecular weight excluding hydrogens is 326 g/mol. The molecule has 1 saturated heterocycles. The Morgan fingerprint density at radius 3 is 2.23 bits per heavy atom. The van der Waals surface area contributed by atoms with Crippen LogP contribution in [-0.4, -0.2) is 36.6 Å². The van der Waals surface area contributed by atoms with E-state index in [1.807, 2.05) is 55.5 Å². The molecule has 0 saturated carbocycles. The third kappa shape index (κ3) is 3.47. The summed E-state index contributed by atoms with van der Waals surface area (Å²) >= 11 is 0. The van der Waals surface area contributed by atoms with Crippen LogP contribution < -0.4 is 4.74 Å². The Morgan fingerprint density at radius 1 is 1.04 bits per heavy atom. The Labute approximate surface area is 154 Å². The van der Waals surface area contributed by atoms with Crippen molar-refractivity contribution < 1.29 is 14.3 Å². The lowest BCUT2D eigenvalue weighted by Crippen LogP contribution is -2.38. The summed E-state index contributed by atoms with van der Waals surface area (Å²) in [6.07, 6.45) is 3.66. The second-order valence-corrected chi connectivity index (χ2v) is 7.22. The van der Waals surface area contributed by atoms with Gasteiger partial charge in [-0.25, -0.2) is 0 Å². The summed E-state index contributed by atoms with van der Waals surface area (Å²) in [7, 11) is 0. The number of fused-ring (bicyclic) bond motifs is 2. The number of carbonyl (C=O) groups is 1. The van der Waals surface area contributed by atoms with Crippen molar-refractivity contribution in [1.29, 1.82) is 0 Å². The van der Waals surface area contributed by atoms with Crippen molar-refractivity contribution in [3.63, 3.8) is 0 Å². The summed E-state index contributed by atoms with van der Waals surface area (Å²) in [6.45, 7) is 5.00. The zero-order chi connectivity index (χ0) is 17.9. The first kappa shape index (κ1) is 17.1. The smallest absolute Gasteiger partial charge is 0.318 e. The fourth-order valence-corrected chi connectivity index (χ4v) is 3.97. The number of ether oxygens (including phenoxy) is 2. The standard InChI is InChI=1S/C22H25NO3/c1-16(15-23-13-7-2-8-14-23)25-22(24)21-17-9-3-5-11-19(17)26-20-12-6-4-10-18(20)21/h3-6,9-12,16,21H,2,7-8,13-15H2,1H3/t16-/m0/s1. The molecule has 26 heavy (non-hydrogen) atoms. The van der Waals surface area contributed by atoms with E-state index in [-0.39, 0.29) is 12.1 Å². The summed E-state index contributed by atoms with van der Waals surface area (Å²) in [5.74, 6) is 0.839. The van der Waals surface area contributed by atoms with Gasteiger partial charge < -0.3 is 9.47 Å². The minimum absolute atomic E-state index is 0.122. The van der Waals surface area contributed by atoms with E-state index in [0.29, 0.717) is 0 Å². The maximum Gasteiger partial charge on any atom is 0.318 e. The summed E-state index contributed by atoms with van der Waals surface area (Å²) in [4.78, 5) is 15.5. The third-order valence-corrected chi connectivity index (χ3v) is 5.20. The molecule has 0 radical (unpaired) electrons. The minimum Gasteiger partial charge on any atom is -0.461 e. The van der Waals surface area contributed by atoms with E-state index in [1.165, 1.54) is 19.3 Å². The number of hydrogen-bond acceptors (Lipinski definition) is 4. The van der Waals surface area contributed by atoms with Crippen molar-refractivity contribution in [3.8, 4) is 11.5 Å². The second kappa shape index (κ2) is 7.50. The molecule has 1 fully saturated rings. The number of esters is 1. The van der Waals surface area contributed by atoms with Crippen LogP contribution >= 0.6 is 0 Å². The third-order valence-electron chi connectivity index (χ3n) is 5.20. The van der Waals surface area contributed by atoms with Gasteiger partial charge in [-0.15, -0.1) is 0 Å². The van der Waals surface area contributed by atoms with Crippen molar-refractivity contribution in [3.05, 3.63) is 59.7 Å². The average Bonchev–Trinajstić information content (AvgIpc) is 2.66. The number of benzene rings is 2. The quantitative estimate of drug-likeness (QED) is 0.768. The van der Waals surface area contributed by atoms with Crippen LogP contribution in [0.4, 0.5) is 0 Å². The van der Waals surface area contributed by atoms with Crippen LogP contribution in [0.2, 0.25) is 0 Å². The molecule has 0 N–H and O–H groups in total. The van der Waals surface area contributed by atoms with Gasteiger partial charge in [0.1, 0.15) is 23.5 Å². The molecular formula is C22H25NO3. The molecule has 0 aromatic heterocycles. The SMILES string of the molecule is C[C@@H](CN1CCCCC1)OC(=O)C1c2ccccc2Oc2ccccc21. The number of piperidine rings is 1. The Morgan fingerprint density at radius 2 is 1.62 bits per heavy atom. The Bertz CT molecular complexity index is 737. The van der Waals surface area contributed by atoms with E-state index >= 15 is 0 Å². The van der Waals surface area contributed by atoms with Gasteiger partial charge in [-0.2, -0.15) is 0 Å². The van der Waals surface area contributed by atoms with Gasteiger partial charge in [0.15, 0.2) is 0 Å². The molecule has 0 spiro atoms. The Balaban J connectivity index is 1.53. The lowest BCUT2D eigenvalue weighted by atomic mass is 9.88. The summed E-state index contributed by atoms with van der Waals surface area (Å²) in [5, 5.41) is 0. The van der Waals surface area contributed by atoms with E-state index in [9.17, 15) is 4.79 Å². The zero-order valence-electron chi connectivity index (χ0n) is 15.2. The van der Waals surface area contributed by atoms with Gasteiger partial charge in [0.05, 0.1) is 0 Å². The van der Waals surface area contributed by atoms with Crippen LogP contribution in [0.3, 0.4) is 0 Å². The van der Waals surface area contributed by atoms with E-state index in [0.717, 1.165) is 42.3 Å². The molecule has 1 atom stereocenters. The van der Waals surface area contributed by atoms with Gasteiger partial charge in [-0.05, 0) is 45.0 Å². The van der Waals surface area contributed by atoms with Crippen LogP contribution in [0.5, 0.6) is 11.5 Å². The molecule has 0 aliphatic carbocycles. The molecule has 2 heterocycles. The summed E-state index contributed by atoms with van der Waals surface area (Å²) in [5.41, 5.74) is 1.75. The molecule has 2 aliphatic rings. The Kier molecular flexibility index (Phi) is 4.93. The first-order valence-corrected chi connectivity index (χ1v) is 9.51. The molecule has 4 rings (SSSR count). The van der Waals surface area contributed by atoms with Gasteiger partial charge >= 0.3 is 5.97 Å². The topological polar surface area (TPSA) is 38.8 Å². The molecule has 2 aromatic rings. The normalized spacial score (nSPS) is 18.3. The predicted molar refractivity (Wildman–Crippen MR) is 101 cm³/mol. The molecule has 4 nitrogen and oxygen atoms in total. The van der Waals surface area contributed by atoms with Crippen LogP contribution in [0, 0.1) is 0 Å². The van der Waals surface area contributed by atoms with Crippen molar-refractivity contribution in [2.45, 2.75) is 38.2 Å². The lowest BCUT2D eigenvalue weighted by Gasteiger charge is -2.31. The largest absolute Gasteiger partial charge is 0.461 e. The van der Waals surface area contributed by atoms with Crippen molar-refractivity contribution in [1.82, 2.24) is 4.90 Å². The van der Waals surface area contributed by atoms with E-state index in [1.54, 1.807) is 0 Å². The molecule has 4 heteroatoms. The monoisotopic (exact) mass is 351 g/mol. The number of para-hydroxylation sites is 2. The van der Waals surface area contributed by atoms with Gasteiger partial charge in [0.25, 0.3) is 0 Å². The Hall–Kier alpha value is -2.33.